The van der Waals surface area contributed by atoms with Gasteiger partial charge in [0.2, 0.25) is 10.0 Å². The zero-order valence-corrected chi connectivity index (χ0v) is 17.7. The second-order valence-electron chi connectivity index (χ2n) is 8.02. The third-order valence-electron chi connectivity index (χ3n) is 6.39. The van der Waals surface area contributed by atoms with Gasteiger partial charge in [-0.2, -0.15) is 9.40 Å². The largest absolute Gasteiger partial charge is 0.372 e. The number of nitrogens with one attached hydrogen (secondary N) is 1. The molecule has 0 unspecified atom stereocenters. The van der Waals surface area contributed by atoms with E-state index in [1.54, 1.807) is 23.0 Å². The van der Waals surface area contributed by atoms with Crippen LogP contribution in [0.15, 0.2) is 47.5 Å². The van der Waals surface area contributed by atoms with Gasteiger partial charge in [0.05, 0.1) is 28.3 Å². The zero-order valence-electron chi connectivity index (χ0n) is 16.9. The molecular formula is C21H25N5O2S. The van der Waals surface area contributed by atoms with Gasteiger partial charge in [-0.1, -0.05) is 12.1 Å². The van der Waals surface area contributed by atoms with Crippen molar-refractivity contribution in [1.29, 1.82) is 0 Å². The summed E-state index contributed by atoms with van der Waals surface area (Å²) in [7, 11) is -1.79. The molecule has 4 heterocycles. The number of aryl methyl sites for hydroxylation is 2. The van der Waals surface area contributed by atoms with Crippen molar-refractivity contribution < 1.29 is 8.42 Å². The van der Waals surface area contributed by atoms with Crippen LogP contribution in [0.3, 0.4) is 0 Å². The fourth-order valence-corrected chi connectivity index (χ4v) is 6.68. The van der Waals surface area contributed by atoms with E-state index in [4.69, 9.17) is 0 Å². The summed E-state index contributed by atoms with van der Waals surface area (Å²) in [6.07, 6.45) is 3.51. The standard InChI is InChI=1S/C21H25N5O2S/c1-15-20(16(2)24(3)23-15)29(27,28)25-13-10-21(11-14-25)19-9-6-12-26(19)18-8-5-4-7-17(18)22-21/h4-9,12,22H,10-11,13-14H2,1-3H3. The van der Waals surface area contributed by atoms with Gasteiger partial charge in [0.15, 0.2) is 0 Å². The van der Waals surface area contributed by atoms with Crippen LogP contribution < -0.4 is 5.32 Å². The predicted octanol–water partition coefficient (Wildman–Crippen LogP) is 2.93. The summed E-state index contributed by atoms with van der Waals surface area (Å²) in [5.74, 6) is 0. The summed E-state index contributed by atoms with van der Waals surface area (Å²) >= 11 is 0. The van der Waals surface area contributed by atoms with Gasteiger partial charge < -0.3 is 9.88 Å². The Bertz CT molecular complexity index is 1200. The SMILES string of the molecule is Cc1nn(C)c(C)c1S(=O)(=O)N1CCC2(CC1)Nc1ccccc1-n1cccc12. The van der Waals surface area contributed by atoms with E-state index in [-0.39, 0.29) is 5.54 Å². The minimum Gasteiger partial charge on any atom is -0.372 e. The molecule has 1 fully saturated rings. The minimum absolute atomic E-state index is 0.261. The summed E-state index contributed by atoms with van der Waals surface area (Å²) in [6.45, 7) is 4.51. The van der Waals surface area contributed by atoms with Crippen LogP contribution in [0.4, 0.5) is 5.69 Å². The minimum atomic E-state index is -3.57. The molecule has 1 aromatic carbocycles. The Morgan fingerprint density at radius 2 is 1.79 bits per heavy atom. The quantitative estimate of drug-likeness (QED) is 0.704. The van der Waals surface area contributed by atoms with Crippen molar-refractivity contribution in [2.24, 2.45) is 7.05 Å². The van der Waals surface area contributed by atoms with Gasteiger partial charge in [0.1, 0.15) is 4.90 Å². The molecule has 2 aromatic heterocycles. The van der Waals surface area contributed by atoms with Gasteiger partial charge in [-0.15, -0.1) is 0 Å². The Morgan fingerprint density at radius 1 is 1.07 bits per heavy atom. The van der Waals surface area contributed by atoms with Crippen molar-refractivity contribution in [3.05, 3.63) is 59.7 Å². The van der Waals surface area contributed by atoms with E-state index in [0.717, 1.165) is 11.4 Å². The smallest absolute Gasteiger partial charge is 0.246 e. The number of aromatic nitrogens is 3. The highest BCUT2D eigenvalue weighted by atomic mass is 32.2. The number of sulfonamides is 1. The lowest BCUT2D eigenvalue weighted by molar-refractivity contribution is 0.247. The normalized spacial score (nSPS) is 18.3. The third-order valence-corrected chi connectivity index (χ3v) is 8.54. The lowest BCUT2D eigenvalue weighted by Crippen LogP contribution is -2.51. The Labute approximate surface area is 171 Å². The van der Waals surface area contributed by atoms with Crippen LogP contribution in [0, 0.1) is 13.8 Å². The first-order valence-corrected chi connectivity index (χ1v) is 11.3. The molecule has 0 atom stereocenters. The lowest BCUT2D eigenvalue weighted by atomic mass is 9.83. The Kier molecular flexibility index (Phi) is 3.95. The van der Waals surface area contributed by atoms with Crippen LogP contribution in [-0.4, -0.2) is 40.2 Å². The molecule has 1 saturated heterocycles. The molecule has 0 radical (unpaired) electrons. The molecular weight excluding hydrogens is 386 g/mol. The van der Waals surface area contributed by atoms with Gasteiger partial charge in [-0.3, -0.25) is 4.68 Å². The molecule has 7 nitrogen and oxygen atoms in total. The molecule has 2 aliphatic heterocycles. The van der Waals surface area contributed by atoms with Crippen molar-refractivity contribution in [2.75, 3.05) is 18.4 Å². The molecule has 0 saturated carbocycles. The van der Waals surface area contributed by atoms with Crippen molar-refractivity contribution in [3.8, 4) is 5.69 Å². The van der Waals surface area contributed by atoms with Crippen molar-refractivity contribution in [3.63, 3.8) is 0 Å². The summed E-state index contributed by atoms with van der Waals surface area (Å²) < 4.78 is 32.2. The first-order valence-electron chi connectivity index (χ1n) is 9.89. The van der Waals surface area contributed by atoms with Crippen LogP contribution in [0.5, 0.6) is 0 Å². The fraction of sp³-hybridized carbons (Fsp3) is 0.381. The van der Waals surface area contributed by atoms with E-state index in [1.165, 1.54) is 5.69 Å². The average Bonchev–Trinajstić information content (AvgIpc) is 3.28. The number of fused-ring (bicyclic) bond motifs is 4. The van der Waals surface area contributed by atoms with Crippen LogP contribution >= 0.6 is 0 Å². The van der Waals surface area contributed by atoms with E-state index in [0.29, 0.717) is 42.2 Å². The van der Waals surface area contributed by atoms with Gasteiger partial charge in [0, 0.05) is 32.0 Å². The van der Waals surface area contributed by atoms with Crippen molar-refractivity contribution in [2.45, 2.75) is 37.1 Å². The summed E-state index contributed by atoms with van der Waals surface area (Å²) in [4.78, 5) is 0.348. The molecule has 1 N–H and O–H groups in total. The first-order chi connectivity index (χ1) is 13.8. The third kappa shape index (κ3) is 2.59. The summed E-state index contributed by atoms with van der Waals surface area (Å²) in [5.41, 5.74) is 4.40. The maximum absolute atomic E-state index is 13.4. The topological polar surface area (TPSA) is 72.2 Å². The monoisotopic (exact) mass is 411 g/mol. The second-order valence-corrected chi connectivity index (χ2v) is 9.89. The molecule has 5 rings (SSSR count). The highest BCUT2D eigenvalue weighted by molar-refractivity contribution is 7.89. The summed E-state index contributed by atoms with van der Waals surface area (Å²) in [6, 6.07) is 12.5. The molecule has 2 aliphatic rings. The number of hydrogen-bond donors (Lipinski definition) is 1. The molecule has 3 aromatic rings. The summed E-state index contributed by atoms with van der Waals surface area (Å²) in [5, 5.41) is 8.03. The highest BCUT2D eigenvalue weighted by Crippen LogP contribution is 2.44. The number of hydrogen-bond acceptors (Lipinski definition) is 4. The number of rotatable bonds is 2. The lowest BCUT2D eigenvalue weighted by Gasteiger charge is -2.45. The van der Waals surface area contributed by atoms with Crippen LogP contribution in [0.1, 0.15) is 29.9 Å². The Morgan fingerprint density at radius 3 is 2.48 bits per heavy atom. The van der Waals surface area contributed by atoms with Crippen molar-refractivity contribution in [1.82, 2.24) is 18.7 Å². The van der Waals surface area contributed by atoms with E-state index in [1.807, 2.05) is 19.1 Å². The molecule has 0 bridgehead atoms. The van der Waals surface area contributed by atoms with E-state index in [9.17, 15) is 8.42 Å². The van der Waals surface area contributed by atoms with E-state index >= 15 is 0 Å². The number of benzene rings is 1. The highest BCUT2D eigenvalue weighted by Gasteiger charge is 2.44. The van der Waals surface area contributed by atoms with Gasteiger partial charge in [-0.05, 0) is 51.0 Å². The second kappa shape index (κ2) is 6.21. The molecule has 29 heavy (non-hydrogen) atoms. The van der Waals surface area contributed by atoms with Crippen LogP contribution in [-0.2, 0) is 22.6 Å². The van der Waals surface area contributed by atoms with Gasteiger partial charge in [0.25, 0.3) is 0 Å². The maximum Gasteiger partial charge on any atom is 0.246 e. The number of nitrogens with zero attached hydrogens (tertiary/aromatic N) is 4. The number of para-hydroxylation sites is 2. The predicted molar refractivity (Wildman–Crippen MR) is 112 cm³/mol. The van der Waals surface area contributed by atoms with Gasteiger partial charge in [-0.25, -0.2) is 8.42 Å². The first kappa shape index (κ1) is 18.4. The van der Waals surface area contributed by atoms with Crippen molar-refractivity contribution >= 4 is 15.7 Å². The Balaban J connectivity index is 1.47. The van der Waals surface area contributed by atoms with E-state index < -0.39 is 10.0 Å². The zero-order chi connectivity index (χ0) is 20.4. The van der Waals surface area contributed by atoms with Crippen LogP contribution in [0.2, 0.25) is 0 Å². The fourth-order valence-electron chi connectivity index (χ4n) is 4.84. The number of piperidine rings is 1. The maximum atomic E-state index is 13.4. The molecule has 8 heteroatoms. The average molecular weight is 412 g/mol. The van der Waals surface area contributed by atoms with E-state index in [2.05, 4.69) is 45.4 Å². The van der Waals surface area contributed by atoms with Crippen LogP contribution in [0.25, 0.3) is 5.69 Å². The van der Waals surface area contributed by atoms with Gasteiger partial charge >= 0.3 is 0 Å². The molecule has 152 valence electrons. The number of anilines is 1. The molecule has 1 spiro atoms. The molecule has 0 aliphatic carbocycles. The Hall–Kier alpha value is -2.58. The molecule has 0 amide bonds.